The van der Waals surface area contributed by atoms with E-state index < -0.39 is 0 Å². The van der Waals surface area contributed by atoms with Crippen molar-refractivity contribution in [1.82, 2.24) is 9.97 Å². The Bertz CT molecular complexity index is 1280. The highest BCUT2D eigenvalue weighted by molar-refractivity contribution is 6.41. The predicted octanol–water partition coefficient (Wildman–Crippen LogP) is 2.40. The second-order valence-corrected chi connectivity index (χ2v) is 7.66. The summed E-state index contributed by atoms with van der Waals surface area (Å²) in [5.41, 5.74) is 3.79. The van der Waals surface area contributed by atoms with Crippen LogP contribution in [0.2, 0.25) is 0 Å². The number of allylic oxidation sites excluding steroid dienone is 3. The number of aromatic nitrogens is 2. The Morgan fingerprint density at radius 2 is 1.42 bits per heavy atom. The van der Waals surface area contributed by atoms with Crippen molar-refractivity contribution >= 4 is 47.5 Å². The fourth-order valence-corrected chi connectivity index (χ4v) is 4.26. The van der Waals surface area contributed by atoms with E-state index in [2.05, 4.69) is 9.80 Å². The second-order valence-electron chi connectivity index (χ2n) is 7.66. The highest BCUT2D eigenvalue weighted by Gasteiger charge is 2.35. The first-order chi connectivity index (χ1) is 15.0. The number of anilines is 2. The van der Waals surface area contributed by atoms with Crippen molar-refractivity contribution in [3.63, 3.8) is 0 Å². The smallest absolute Gasteiger partial charge is 0.197 e. The SMILES string of the molecule is Bc1ccc2c(c1)C(=O)/C(=C/C=C1N(CC)c3nc4ccccc4nc3N1CC)C2=O. The van der Waals surface area contributed by atoms with E-state index in [1.807, 2.05) is 58.1 Å². The van der Waals surface area contributed by atoms with Crippen molar-refractivity contribution in [3.8, 4) is 0 Å². The van der Waals surface area contributed by atoms with Crippen LogP contribution in [-0.2, 0) is 0 Å². The summed E-state index contributed by atoms with van der Waals surface area (Å²) >= 11 is 0. The largest absolute Gasteiger partial charge is 0.310 e. The average molecular weight is 408 g/mol. The zero-order chi connectivity index (χ0) is 21.7. The lowest BCUT2D eigenvalue weighted by Crippen LogP contribution is -2.28. The summed E-state index contributed by atoms with van der Waals surface area (Å²) in [7, 11) is 1.92. The molecule has 1 aliphatic carbocycles. The first kappa shape index (κ1) is 19.2. The third kappa shape index (κ3) is 2.88. The molecule has 0 saturated heterocycles. The normalized spacial score (nSPS) is 16.5. The first-order valence-electron chi connectivity index (χ1n) is 10.5. The minimum absolute atomic E-state index is 0.197. The quantitative estimate of drug-likeness (QED) is 0.377. The van der Waals surface area contributed by atoms with Crippen LogP contribution < -0.4 is 15.3 Å². The molecule has 1 aliphatic heterocycles. The number of rotatable bonds is 3. The van der Waals surface area contributed by atoms with Gasteiger partial charge in [0.1, 0.15) is 13.7 Å². The number of hydrogen-bond donors (Lipinski definition) is 0. The molecule has 0 amide bonds. The van der Waals surface area contributed by atoms with E-state index in [0.29, 0.717) is 24.2 Å². The summed E-state index contributed by atoms with van der Waals surface area (Å²) < 4.78 is 0. The number of ketones is 2. The van der Waals surface area contributed by atoms with Crippen molar-refractivity contribution in [1.29, 1.82) is 0 Å². The maximum absolute atomic E-state index is 12.9. The molecule has 5 rings (SSSR count). The fraction of sp³-hybridized carbons (Fsp3) is 0.167. The van der Waals surface area contributed by atoms with Crippen molar-refractivity contribution in [2.24, 2.45) is 0 Å². The molecule has 0 radical (unpaired) electrons. The first-order valence-corrected chi connectivity index (χ1v) is 10.5. The molecule has 6 nitrogen and oxygen atoms in total. The van der Waals surface area contributed by atoms with Crippen LogP contribution in [0.15, 0.2) is 66.0 Å². The predicted molar refractivity (Wildman–Crippen MR) is 125 cm³/mol. The molecule has 1 aromatic heterocycles. The van der Waals surface area contributed by atoms with Gasteiger partial charge in [-0.05, 0) is 38.1 Å². The van der Waals surface area contributed by atoms with Crippen LogP contribution >= 0.6 is 0 Å². The molecule has 0 spiro atoms. The third-order valence-electron chi connectivity index (χ3n) is 5.78. The number of carbonyl (C=O) groups is 2. The molecule has 2 aromatic carbocycles. The summed E-state index contributed by atoms with van der Waals surface area (Å²) in [5, 5.41) is 0. The van der Waals surface area contributed by atoms with Crippen LogP contribution in [0.5, 0.6) is 0 Å². The summed E-state index contributed by atoms with van der Waals surface area (Å²) in [6.45, 7) is 5.47. The average Bonchev–Trinajstić information content (AvgIpc) is 3.20. The van der Waals surface area contributed by atoms with E-state index in [0.717, 1.165) is 34.0 Å². The van der Waals surface area contributed by atoms with E-state index >= 15 is 0 Å². The van der Waals surface area contributed by atoms with Gasteiger partial charge >= 0.3 is 0 Å². The standard InChI is InChI=1S/C24H21BN4O2/c1-3-28-20(12-11-16-21(30)15-10-9-14(25)13-17(15)22(16)31)29(4-2)24-23(28)26-18-7-5-6-8-19(18)27-24/h5-13H,3-4,25H2,1-2H3/b16-11+. The number of nitrogens with zero attached hydrogens (tertiary/aromatic N) is 4. The van der Waals surface area contributed by atoms with Gasteiger partial charge in [0.2, 0.25) is 0 Å². The molecule has 0 N–H and O–H groups in total. The summed E-state index contributed by atoms with van der Waals surface area (Å²) in [6, 6.07) is 13.2. The van der Waals surface area contributed by atoms with Crippen molar-refractivity contribution in [2.75, 3.05) is 22.9 Å². The number of fused-ring (bicyclic) bond motifs is 3. The number of hydrogen-bond acceptors (Lipinski definition) is 6. The topological polar surface area (TPSA) is 66.4 Å². The fourth-order valence-electron chi connectivity index (χ4n) is 4.26. The Kier molecular flexibility index (Phi) is 4.47. The highest BCUT2D eigenvalue weighted by Crippen LogP contribution is 2.39. The van der Waals surface area contributed by atoms with Gasteiger partial charge < -0.3 is 9.80 Å². The van der Waals surface area contributed by atoms with Gasteiger partial charge in [-0.25, -0.2) is 9.97 Å². The van der Waals surface area contributed by atoms with Crippen LogP contribution in [0.25, 0.3) is 11.0 Å². The zero-order valence-electron chi connectivity index (χ0n) is 17.7. The number of benzene rings is 2. The van der Waals surface area contributed by atoms with Crippen molar-refractivity contribution in [2.45, 2.75) is 13.8 Å². The molecule has 0 bridgehead atoms. The molecule has 0 unspecified atom stereocenters. The number of Topliss-reactive ketones (excluding diaryl/α,β-unsaturated/α-hetero) is 2. The van der Waals surface area contributed by atoms with Gasteiger partial charge in [-0.15, -0.1) is 0 Å². The minimum atomic E-state index is -0.222. The molecular weight excluding hydrogens is 387 g/mol. The summed E-state index contributed by atoms with van der Waals surface area (Å²) in [4.78, 5) is 39.5. The molecule has 0 atom stereocenters. The van der Waals surface area contributed by atoms with Gasteiger partial charge in [0.25, 0.3) is 0 Å². The van der Waals surface area contributed by atoms with E-state index in [4.69, 9.17) is 9.97 Å². The third-order valence-corrected chi connectivity index (χ3v) is 5.78. The number of para-hydroxylation sites is 2. The second kappa shape index (κ2) is 7.20. The Morgan fingerprint density at radius 3 is 2.00 bits per heavy atom. The monoisotopic (exact) mass is 408 g/mol. The van der Waals surface area contributed by atoms with Gasteiger partial charge in [-0.2, -0.15) is 0 Å². The van der Waals surface area contributed by atoms with E-state index in [-0.39, 0.29) is 17.1 Å². The van der Waals surface area contributed by atoms with E-state index in [9.17, 15) is 9.59 Å². The van der Waals surface area contributed by atoms with E-state index in [1.54, 1.807) is 18.2 Å². The van der Waals surface area contributed by atoms with Crippen LogP contribution in [0.1, 0.15) is 34.6 Å². The lowest BCUT2D eigenvalue weighted by Gasteiger charge is -2.21. The Balaban J connectivity index is 1.60. The van der Waals surface area contributed by atoms with Gasteiger partial charge in [0.05, 0.1) is 16.6 Å². The molecule has 31 heavy (non-hydrogen) atoms. The molecule has 2 aliphatic rings. The molecule has 152 valence electrons. The molecule has 7 heteroatoms. The van der Waals surface area contributed by atoms with Gasteiger partial charge in [0, 0.05) is 24.2 Å². The molecule has 2 heterocycles. The summed E-state index contributed by atoms with van der Waals surface area (Å²) in [6.07, 6.45) is 3.48. The van der Waals surface area contributed by atoms with E-state index in [1.165, 1.54) is 0 Å². The van der Waals surface area contributed by atoms with Crippen molar-refractivity contribution in [3.05, 3.63) is 77.1 Å². The lowest BCUT2D eigenvalue weighted by molar-refractivity contribution is 0.0989. The van der Waals surface area contributed by atoms with Gasteiger partial charge in [-0.3, -0.25) is 9.59 Å². The molecule has 0 fully saturated rings. The zero-order valence-corrected chi connectivity index (χ0v) is 17.7. The lowest BCUT2D eigenvalue weighted by atomic mass is 9.93. The molecule has 0 saturated carbocycles. The minimum Gasteiger partial charge on any atom is -0.310 e. The maximum Gasteiger partial charge on any atom is 0.197 e. The van der Waals surface area contributed by atoms with Gasteiger partial charge in [0.15, 0.2) is 23.2 Å². The Morgan fingerprint density at radius 1 is 0.839 bits per heavy atom. The Labute approximate surface area is 181 Å². The molecule has 3 aromatic rings. The van der Waals surface area contributed by atoms with Gasteiger partial charge in [-0.1, -0.05) is 35.8 Å². The highest BCUT2D eigenvalue weighted by atomic mass is 16.2. The van der Waals surface area contributed by atoms with Crippen LogP contribution in [0.3, 0.4) is 0 Å². The van der Waals surface area contributed by atoms with Crippen LogP contribution in [-0.4, -0.2) is 42.5 Å². The van der Waals surface area contributed by atoms with Crippen LogP contribution in [0.4, 0.5) is 11.6 Å². The maximum atomic E-state index is 12.9. The van der Waals surface area contributed by atoms with Crippen molar-refractivity contribution < 1.29 is 9.59 Å². The molecular formula is C24H21BN4O2. The Hall–Kier alpha value is -3.74. The summed E-state index contributed by atoms with van der Waals surface area (Å²) in [5.74, 6) is 1.99. The van der Waals surface area contributed by atoms with Crippen LogP contribution in [0, 0.1) is 0 Å². The number of carbonyl (C=O) groups excluding carboxylic acids is 2.